The standard InChI is InChI=1S/C11H16N2O2/c1-9-4-6-12-8-10(9)11(14)13-5-3-7-15-2/h4,6,8H,3,5,7H2,1-2H3,(H,13,14). The molecule has 0 saturated heterocycles. The molecule has 4 heteroatoms. The van der Waals surface area contributed by atoms with E-state index in [9.17, 15) is 4.79 Å². The number of carbonyl (C=O) groups is 1. The molecule has 1 heterocycles. The number of amides is 1. The molecule has 1 amide bonds. The number of nitrogens with one attached hydrogen (secondary N) is 1. The lowest BCUT2D eigenvalue weighted by atomic mass is 10.1. The second-order valence-electron chi connectivity index (χ2n) is 3.29. The number of pyridine rings is 1. The minimum atomic E-state index is -0.0725. The molecule has 4 nitrogen and oxygen atoms in total. The molecule has 0 aliphatic rings. The van der Waals surface area contributed by atoms with Crippen LogP contribution in [0.3, 0.4) is 0 Å². The molecule has 0 radical (unpaired) electrons. The lowest BCUT2D eigenvalue weighted by Gasteiger charge is -2.06. The maximum absolute atomic E-state index is 11.6. The number of carbonyl (C=O) groups excluding carboxylic acids is 1. The zero-order valence-corrected chi connectivity index (χ0v) is 9.12. The Labute approximate surface area is 89.7 Å². The summed E-state index contributed by atoms with van der Waals surface area (Å²) in [5.41, 5.74) is 1.57. The number of aromatic nitrogens is 1. The number of nitrogens with zero attached hydrogens (tertiary/aromatic N) is 1. The van der Waals surface area contributed by atoms with E-state index in [1.807, 2.05) is 13.0 Å². The van der Waals surface area contributed by atoms with Crippen molar-refractivity contribution >= 4 is 5.91 Å². The lowest BCUT2D eigenvalue weighted by Crippen LogP contribution is -2.26. The molecule has 0 fully saturated rings. The van der Waals surface area contributed by atoms with Crippen molar-refractivity contribution in [2.45, 2.75) is 13.3 Å². The van der Waals surface area contributed by atoms with Crippen LogP contribution in [0.15, 0.2) is 18.5 Å². The van der Waals surface area contributed by atoms with Crippen molar-refractivity contribution in [1.82, 2.24) is 10.3 Å². The molecule has 0 bridgehead atoms. The minimum Gasteiger partial charge on any atom is -0.385 e. The van der Waals surface area contributed by atoms with E-state index in [0.717, 1.165) is 12.0 Å². The van der Waals surface area contributed by atoms with Gasteiger partial charge in [-0.05, 0) is 25.0 Å². The number of hydrogen-bond acceptors (Lipinski definition) is 3. The highest BCUT2D eigenvalue weighted by Gasteiger charge is 2.07. The van der Waals surface area contributed by atoms with E-state index in [-0.39, 0.29) is 5.91 Å². The quantitative estimate of drug-likeness (QED) is 0.739. The van der Waals surface area contributed by atoms with Crippen molar-refractivity contribution in [3.63, 3.8) is 0 Å². The normalized spacial score (nSPS) is 10.0. The average molecular weight is 208 g/mol. The van der Waals surface area contributed by atoms with Gasteiger partial charge in [-0.3, -0.25) is 9.78 Å². The monoisotopic (exact) mass is 208 g/mol. The first-order chi connectivity index (χ1) is 7.25. The zero-order valence-electron chi connectivity index (χ0n) is 9.12. The Morgan fingerprint density at radius 2 is 2.40 bits per heavy atom. The van der Waals surface area contributed by atoms with Gasteiger partial charge in [0.2, 0.25) is 0 Å². The summed E-state index contributed by atoms with van der Waals surface area (Å²) in [6.45, 7) is 3.18. The molecular formula is C11H16N2O2. The Morgan fingerprint density at radius 1 is 1.60 bits per heavy atom. The summed E-state index contributed by atoms with van der Waals surface area (Å²) in [6, 6.07) is 1.82. The van der Waals surface area contributed by atoms with Gasteiger partial charge in [-0.1, -0.05) is 0 Å². The summed E-state index contributed by atoms with van der Waals surface area (Å²) in [7, 11) is 1.65. The molecular weight excluding hydrogens is 192 g/mol. The van der Waals surface area contributed by atoms with Crippen LogP contribution in [0.4, 0.5) is 0 Å². The van der Waals surface area contributed by atoms with Gasteiger partial charge >= 0.3 is 0 Å². The van der Waals surface area contributed by atoms with E-state index in [0.29, 0.717) is 18.7 Å². The fourth-order valence-corrected chi connectivity index (χ4v) is 1.22. The number of aryl methyl sites for hydroxylation is 1. The number of methoxy groups -OCH3 is 1. The fourth-order valence-electron chi connectivity index (χ4n) is 1.22. The maximum Gasteiger partial charge on any atom is 0.253 e. The summed E-state index contributed by atoms with van der Waals surface area (Å²) >= 11 is 0. The predicted octanol–water partition coefficient (Wildman–Crippen LogP) is 1.16. The van der Waals surface area contributed by atoms with Crippen LogP contribution in [0.1, 0.15) is 22.3 Å². The first kappa shape index (κ1) is 11.7. The van der Waals surface area contributed by atoms with E-state index in [1.54, 1.807) is 19.5 Å². The van der Waals surface area contributed by atoms with Gasteiger partial charge in [0.1, 0.15) is 0 Å². The van der Waals surface area contributed by atoms with E-state index in [2.05, 4.69) is 10.3 Å². The molecule has 1 aromatic rings. The molecule has 82 valence electrons. The van der Waals surface area contributed by atoms with E-state index in [4.69, 9.17) is 4.74 Å². The van der Waals surface area contributed by atoms with Crippen molar-refractivity contribution in [1.29, 1.82) is 0 Å². The molecule has 0 saturated carbocycles. The topological polar surface area (TPSA) is 51.2 Å². The van der Waals surface area contributed by atoms with Crippen LogP contribution in [-0.4, -0.2) is 31.2 Å². The van der Waals surface area contributed by atoms with Crippen LogP contribution in [-0.2, 0) is 4.74 Å². The van der Waals surface area contributed by atoms with Gasteiger partial charge in [0, 0.05) is 32.7 Å². The van der Waals surface area contributed by atoms with Crippen molar-refractivity contribution in [3.8, 4) is 0 Å². The third kappa shape index (κ3) is 3.67. The first-order valence-electron chi connectivity index (χ1n) is 4.93. The van der Waals surface area contributed by atoms with Crippen LogP contribution >= 0.6 is 0 Å². The van der Waals surface area contributed by atoms with Crippen molar-refractivity contribution in [2.24, 2.45) is 0 Å². The zero-order chi connectivity index (χ0) is 11.1. The van der Waals surface area contributed by atoms with Gasteiger partial charge in [-0.15, -0.1) is 0 Å². The second kappa shape index (κ2) is 6.14. The van der Waals surface area contributed by atoms with E-state index >= 15 is 0 Å². The van der Waals surface area contributed by atoms with Gasteiger partial charge in [0.15, 0.2) is 0 Å². The van der Waals surface area contributed by atoms with Crippen LogP contribution < -0.4 is 5.32 Å². The Bertz CT molecular complexity index is 326. The molecule has 15 heavy (non-hydrogen) atoms. The number of rotatable bonds is 5. The molecule has 1 rings (SSSR count). The van der Waals surface area contributed by atoms with Gasteiger partial charge in [-0.25, -0.2) is 0 Å². The SMILES string of the molecule is COCCCNC(=O)c1cnccc1C. The summed E-state index contributed by atoms with van der Waals surface area (Å²) in [4.78, 5) is 15.6. The second-order valence-corrected chi connectivity index (χ2v) is 3.29. The smallest absolute Gasteiger partial charge is 0.253 e. The Hall–Kier alpha value is -1.42. The van der Waals surface area contributed by atoms with Gasteiger partial charge in [0.05, 0.1) is 5.56 Å². The summed E-state index contributed by atoms with van der Waals surface area (Å²) in [6.07, 6.45) is 4.08. The van der Waals surface area contributed by atoms with Crippen LogP contribution in [0.25, 0.3) is 0 Å². The van der Waals surface area contributed by atoms with Gasteiger partial charge in [0.25, 0.3) is 5.91 Å². The highest BCUT2D eigenvalue weighted by atomic mass is 16.5. The predicted molar refractivity (Wildman–Crippen MR) is 57.8 cm³/mol. The van der Waals surface area contributed by atoms with Gasteiger partial charge < -0.3 is 10.1 Å². The number of hydrogen-bond donors (Lipinski definition) is 1. The first-order valence-corrected chi connectivity index (χ1v) is 4.93. The van der Waals surface area contributed by atoms with Crippen LogP contribution in [0.2, 0.25) is 0 Å². The Balaban J connectivity index is 2.44. The van der Waals surface area contributed by atoms with E-state index < -0.39 is 0 Å². The molecule has 1 N–H and O–H groups in total. The summed E-state index contributed by atoms with van der Waals surface area (Å²) < 4.78 is 4.89. The van der Waals surface area contributed by atoms with Crippen LogP contribution in [0, 0.1) is 6.92 Å². The molecule has 0 unspecified atom stereocenters. The Kier molecular flexibility index (Phi) is 4.77. The van der Waals surface area contributed by atoms with Crippen molar-refractivity contribution in [2.75, 3.05) is 20.3 Å². The van der Waals surface area contributed by atoms with Crippen molar-refractivity contribution < 1.29 is 9.53 Å². The largest absolute Gasteiger partial charge is 0.385 e. The third-order valence-corrected chi connectivity index (χ3v) is 2.09. The molecule has 0 spiro atoms. The Morgan fingerprint density at radius 3 is 3.07 bits per heavy atom. The molecule has 0 aliphatic carbocycles. The molecule has 0 atom stereocenters. The maximum atomic E-state index is 11.6. The average Bonchev–Trinajstić information content (AvgIpc) is 2.25. The van der Waals surface area contributed by atoms with Gasteiger partial charge in [-0.2, -0.15) is 0 Å². The molecule has 0 aliphatic heterocycles. The van der Waals surface area contributed by atoms with Crippen LogP contribution in [0.5, 0.6) is 0 Å². The molecule has 1 aromatic heterocycles. The minimum absolute atomic E-state index is 0.0725. The lowest BCUT2D eigenvalue weighted by molar-refractivity contribution is 0.0947. The highest BCUT2D eigenvalue weighted by Crippen LogP contribution is 2.03. The fraction of sp³-hybridized carbons (Fsp3) is 0.455. The van der Waals surface area contributed by atoms with Crippen molar-refractivity contribution in [3.05, 3.63) is 29.6 Å². The molecule has 0 aromatic carbocycles. The summed E-state index contributed by atoms with van der Waals surface area (Å²) in [5, 5.41) is 2.82. The van der Waals surface area contributed by atoms with E-state index in [1.165, 1.54) is 0 Å². The third-order valence-electron chi connectivity index (χ3n) is 2.09. The highest BCUT2D eigenvalue weighted by molar-refractivity contribution is 5.95. The summed E-state index contributed by atoms with van der Waals surface area (Å²) in [5.74, 6) is -0.0725. The number of ether oxygens (including phenoxy) is 1.